The van der Waals surface area contributed by atoms with Gasteiger partial charge in [0.2, 0.25) is 5.91 Å². The molecular formula is C18H21NOS. The number of carbonyl (C=O) groups is 1. The second-order valence-corrected chi connectivity index (χ2v) is 6.53. The molecule has 3 heteroatoms. The van der Waals surface area contributed by atoms with Gasteiger partial charge in [0.15, 0.2) is 0 Å². The first-order valence-corrected chi connectivity index (χ1v) is 8.07. The molecule has 0 heterocycles. The van der Waals surface area contributed by atoms with E-state index in [1.54, 1.807) is 0 Å². The largest absolute Gasteiger partial charge is 0.369 e. The minimum atomic E-state index is -0.239. The monoisotopic (exact) mass is 299 g/mol. The average molecular weight is 299 g/mol. The molecule has 1 amide bonds. The third-order valence-corrected chi connectivity index (χ3v) is 5.00. The number of primary amides is 1. The van der Waals surface area contributed by atoms with Crippen molar-refractivity contribution < 1.29 is 4.79 Å². The van der Waals surface area contributed by atoms with E-state index in [1.807, 2.05) is 30.0 Å². The van der Waals surface area contributed by atoms with Gasteiger partial charge < -0.3 is 5.73 Å². The zero-order valence-electron chi connectivity index (χ0n) is 12.8. The number of thioether (sulfide) groups is 1. The Balaban J connectivity index is 2.09. The van der Waals surface area contributed by atoms with E-state index < -0.39 is 0 Å². The third kappa shape index (κ3) is 4.13. The van der Waals surface area contributed by atoms with Crippen molar-refractivity contribution in [3.63, 3.8) is 0 Å². The molecule has 2 aliphatic rings. The van der Waals surface area contributed by atoms with Crippen LogP contribution in [0.5, 0.6) is 0 Å². The molecular weight excluding hydrogens is 278 g/mol. The average Bonchev–Trinajstić information content (AvgIpc) is 2.62. The maximum atomic E-state index is 11.3. The Morgan fingerprint density at radius 2 is 2.19 bits per heavy atom. The molecule has 110 valence electrons. The molecule has 0 spiro atoms. The topological polar surface area (TPSA) is 43.1 Å². The van der Waals surface area contributed by atoms with Crippen LogP contribution in [0.3, 0.4) is 0 Å². The van der Waals surface area contributed by atoms with Crippen molar-refractivity contribution in [2.24, 2.45) is 11.7 Å². The van der Waals surface area contributed by atoms with Crippen LogP contribution < -0.4 is 5.73 Å². The summed E-state index contributed by atoms with van der Waals surface area (Å²) in [5.74, 6) is 0.490. The van der Waals surface area contributed by atoms with Crippen molar-refractivity contribution in [1.29, 1.82) is 0 Å². The first-order valence-electron chi connectivity index (χ1n) is 7.08. The molecule has 0 saturated heterocycles. The number of hydrogen-bond donors (Lipinski definition) is 1. The first kappa shape index (κ1) is 15.7. The van der Waals surface area contributed by atoms with Crippen molar-refractivity contribution in [3.05, 3.63) is 63.3 Å². The maximum absolute atomic E-state index is 11.3. The van der Waals surface area contributed by atoms with Crippen LogP contribution in [0.25, 0.3) is 0 Å². The third-order valence-electron chi connectivity index (χ3n) is 3.59. The molecule has 0 saturated carbocycles. The smallest absolute Gasteiger partial charge is 0.224 e. The number of rotatable bonds is 4. The van der Waals surface area contributed by atoms with Crippen molar-refractivity contribution in [3.8, 4) is 0 Å². The lowest BCUT2D eigenvalue weighted by Crippen LogP contribution is -2.24. The van der Waals surface area contributed by atoms with Crippen molar-refractivity contribution in [2.75, 3.05) is 5.75 Å². The van der Waals surface area contributed by atoms with Crippen LogP contribution in [0.2, 0.25) is 0 Å². The molecule has 0 aromatic heterocycles. The first-order chi connectivity index (χ1) is 9.97. The molecule has 0 aromatic rings. The zero-order valence-corrected chi connectivity index (χ0v) is 13.6. The lowest BCUT2D eigenvalue weighted by molar-refractivity contribution is -0.120. The van der Waals surface area contributed by atoms with Crippen LogP contribution in [0.4, 0.5) is 0 Å². The molecule has 2 nitrogen and oxygen atoms in total. The summed E-state index contributed by atoms with van der Waals surface area (Å²) in [6.45, 7) is 6.24. The number of nitrogens with two attached hydrogens (primary N) is 1. The van der Waals surface area contributed by atoms with E-state index in [-0.39, 0.29) is 11.8 Å². The normalized spacial score (nSPS) is 21.7. The Bertz CT molecular complexity index is 640. The predicted molar refractivity (Wildman–Crippen MR) is 90.7 cm³/mol. The Kier molecular flexibility index (Phi) is 5.11. The molecule has 0 bridgehead atoms. The van der Waals surface area contributed by atoms with Crippen molar-refractivity contribution in [1.82, 2.24) is 0 Å². The highest BCUT2D eigenvalue weighted by Crippen LogP contribution is 2.36. The highest BCUT2D eigenvalue weighted by Gasteiger charge is 2.21. The SMILES string of the molecule is CC1=CC(CSC2=C(C)CC(C(N)=O)C=C2C)=C=CC=C1. The van der Waals surface area contributed by atoms with E-state index in [2.05, 4.69) is 38.7 Å². The van der Waals surface area contributed by atoms with Gasteiger partial charge in [0.25, 0.3) is 0 Å². The second-order valence-electron chi connectivity index (χ2n) is 5.54. The van der Waals surface area contributed by atoms with Gasteiger partial charge in [0.05, 0.1) is 5.92 Å². The van der Waals surface area contributed by atoms with Crippen LogP contribution in [-0.2, 0) is 4.79 Å². The van der Waals surface area contributed by atoms with Gasteiger partial charge in [-0.05, 0) is 44.9 Å². The molecule has 0 aliphatic heterocycles. The minimum absolute atomic E-state index is 0.155. The van der Waals surface area contributed by atoms with Gasteiger partial charge in [-0.2, -0.15) is 0 Å². The van der Waals surface area contributed by atoms with Gasteiger partial charge in [-0.25, -0.2) is 0 Å². The second kappa shape index (κ2) is 6.84. The molecule has 1 unspecified atom stereocenters. The highest BCUT2D eigenvalue weighted by atomic mass is 32.2. The summed E-state index contributed by atoms with van der Waals surface area (Å²) in [6, 6.07) is 0. The Labute approximate surface area is 130 Å². The summed E-state index contributed by atoms with van der Waals surface area (Å²) >= 11 is 1.81. The Morgan fingerprint density at radius 1 is 1.43 bits per heavy atom. The fraction of sp³-hybridized carbons (Fsp3) is 0.333. The predicted octanol–water partition coefficient (Wildman–Crippen LogP) is 4.04. The van der Waals surface area contributed by atoms with E-state index in [1.165, 1.54) is 21.6 Å². The fourth-order valence-corrected chi connectivity index (χ4v) is 3.66. The summed E-state index contributed by atoms with van der Waals surface area (Å²) in [7, 11) is 0. The van der Waals surface area contributed by atoms with E-state index in [4.69, 9.17) is 5.73 Å². The van der Waals surface area contributed by atoms with Gasteiger partial charge >= 0.3 is 0 Å². The van der Waals surface area contributed by atoms with Crippen LogP contribution in [0.15, 0.2) is 63.3 Å². The van der Waals surface area contributed by atoms with Gasteiger partial charge in [0, 0.05) is 16.2 Å². The van der Waals surface area contributed by atoms with Gasteiger partial charge in [0.1, 0.15) is 0 Å². The summed E-state index contributed by atoms with van der Waals surface area (Å²) in [6.07, 6.45) is 10.9. The molecule has 2 N–H and O–H groups in total. The zero-order chi connectivity index (χ0) is 15.4. The maximum Gasteiger partial charge on any atom is 0.224 e. The van der Waals surface area contributed by atoms with Crippen molar-refractivity contribution in [2.45, 2.75) is 27.2 Å². The number of hydrogen-bond acceptors (Lipinski definition) is 2. The molecule has 1 atom stereocenters. The van der Waals surface area contributed by atoms with E-state index in [0.717, 1.165) is 17.7 Å². The fourth-order valence-electron chi connectivity index (χ4n) is 2.57. The van der Waals surface area contributed by atoms with E-state index in [0.29, 0.717) is 0 Å². The van der Waals surface area contributed by atoms with Gasteiger partial charge in [-0.3, -0.25) is 4.79 Å². The van der Waals surface area contributed by atoms with Crippen LogP contribution in [0.1, 0.15) is 27.2 Å². The summed E-state index contributed by atoms with van der Waals surface area (Å²) in [4.78, 5) is 12.6. The number of allylic oxidation sites excluding steroid dienone is 6. The van der Waals surface area contributed by atoms with Gasteiger partial charge in [-0.15, -0.1) is 17.5 Å². The highest BCUT2D eigenvalue weighted by molar-refractivity contribution is 8.03. The minimum Gasteiger partial charge on any atom is -0.369 e. The molecule has 2 rings (SSSR count). The number of amides is 1. The van der Waals surface area contributed by atoms with Crippen LogP contribution in [-0.4, -0.2) is 11.7 Å². The molecule has 21 heavy (non-hydrogen) atoms. The molecule has 0 radical (unpaired) electrons. The summed E-state index contributed by atoms with van der Waals surface area (Å²) in [5, 5.41) is 0. The van der Waals surface area contributed by atoms with Crippen molar-refractivity contribution >= 4 is 17.7 Å². The quantitative estimate of drug-likeness (QED) is 0.796. The standard InChI is InChI=1S/C18H21NOS/c1-12-6-4-5-7-15(8-12)11-21-17-13(2)9-16(18(19)20)10-14(17)3/h4-6,8-9,16H,10-11H2,1-3H3,(H2,19,20). The molecule has 0 aromatic carbocycles. The lowest BCUT2D eigenvalue weighted by atomic mass is 9.91. The Hall–Kier alpha value is -1.70. The molecule has 2 aliphatic carbocycles. The van der Waals surface area contributed by atoms with Gasteiger partial charge in [-0.1, -0.05) is 29.4 Å². The lowest BCUT2D eigenvalue weighted by Gasteiger charge is -2.21. The summed E-state index contributed by atoms with van der Waals surface area (Å²) in [5.41, 5.74) is 13.5. The molecule has 0 fully saturated rings. The van der Waals surface area contributed by atoms with Crippen LogP contribution >= 0.6 is 11.8 Å². The summed E-state index contributed by atoms with van der Waals surface area (Å²) < 4.78 is 0. The van der Waals surface area contributed by atoms with Crippen LogP contribution in [0, 0.1) is 5.92 Å². The Morgan fingerprint density at radius 3 is 2.86 bits per heavy atom. The van der Waals surface area contributed by atoms with E-state index >= 15 is 0 Å². The van der Waals surface area contributed by atoms with E-state index in [9.17, 15) is 4.79 Å². The number of carbonyl (C=O) groups excluding carboxylic acids is 1.